The van der Waals surface area contributed by atoms with E-state index < -0.39 is 0 Å². The van der Waals surface area contributed by atoms with Gasteiger partial charge in [0, 0.05) is 35.6 Å². The van der Waals surface area contributed by atoms with Crippen LogP contribution in [0.3, 0.4) is 0 Å². The number of urea groups is 1. The molecule has 1 fully saturated rings. The normalized spacial score (nSPS) is 15.3. The minimum Gasteiger partial charge on any atom is -0.345 e. The average molecular weight is 327 g/mol. The quantitative estimate of drug-likeness (QED) is 0.803. The van der Waals surface area contributed by atoms with E-state index in [1.807, 2.05) is 26.8 Å². The summed E-state index contributed by atoms with van der Waals surface area (Å²) in [6.45, 7) is 7.00. The van der Waals surface area contributed by atoms with Crippen molar-refractivity contribution in [2.24, 2.45) is 0 Å². The number of carbonyl (C=O) groups is 2. The first-order valence-electron chi connectivity index (χ1n) is 7.95. The second-order valence-electron chi connectivity index (χ2n) is 5.98. The Morgan fingerprint density at radius 3 is 2.79 bits per heavy atom. The van der Waals surface area contributed by atoms with Gasteiger partial charge in [0.25, 0.3) is 5.91 Å². The highest BCUT2D eigenvalue weighted by atomic mass is 16.2. The molecule has 3 N–H and O–H groups in total. The van der Waals surface area contributed by atoms with Crippen LogP contribution in [-0.2, 0) is 0 Å². The minimum absolute atomic E-state index is 0.134. The van der Waals surface area contributed by atoms with Gasteiger partial charge in [0.2, 0.25) is 0 Å². The minimum atomic E-state index is -0.177. The fourth-order valence-electron chi connectivity index (χ4n) is 3.08. The van der Waals surface area contributed by atoms with Crippen molar-refractivity contribution in [3.8, 4) is 0 Å². The topological polar surface area (TPSA) is 90.1 Å². The molecule has 0 aliphatic carbocycles. The number of aryl methyl sites for hydroxylation is 2. The molecule has 1 aromatic heterocycles. The van der Waals surface area contributed by atoms with Crippen LogP contribution in [-0.4, -0.2) is 35.2 Å². The summed E-state index contributed by atoms with van der Waals surface area (Å²) in [5, 5.41) is 12.8. The number of amides is 3. The first-order valence-corrected chi connectivity index (χ1v) is 7.95. The highest BCUT2D eigenvalue weighted by molar-refractivity contribution is 5.98. The summed E-state index contributed by atoms with van der Waals surface area (Å²) < 4.78 is 0. The van der Waals surface area contributed by atoms with Crippen molar-refractivity contribution >= 4 is 17.6 Å². The van der Waals surface area contributed by atoms with E-state index in [-0.39, 0.29) is 18.0 Å². The van der Waals surface area contributed by atoms with Crippen LogP contribution in [0, 0.1) is 13.8 Å². The number of H-pyrrole nitrogens is 1. The first kappa shape index (κ1) is 16.0. The highest BCUT2D eigenvalue weighted by Gasteiger charge is 2.22. The van der Waals surface area contributed by atoms with E-state index in [4.69, 9.17) is 0 Å². The zero-order chi connectivity index (χ0) is 17.3. The van der Waals surface area contributed by atoms with Crippen molar-refractivity contribution in [3.05, 3.63) is 46.8 Å². The summed E-state index contributed by atoms with van der Waals surface area (Å²) in [7, 11) is 0. The highest BCUT2D eigenvalue weighted by Crippen LogP contribution is 2.21. The molecule has 1 saturated heterocycles. The Labute approximate surface area is 140 Å². The molecule has 1 aliphatic rings. The second kappa shape index (κ2) is 6.35. The number of carbonyl (C=O) groups excluding carboxylic acids is 2. The number of benzene rings is 1. The molecular formula is C17H21N5O2. The maximum Gasteiger partial charge on any atom is 0.321 e. The lowest BCUT2D eigenvalue weighted by Crippen LogP contribution is -2.29. The summed E-state index contributed by atoms with van der Waals surface area (Å²) >= 11 is 0. The Balaban J connectivity index is 1.77. The van der Waals surface area contributed by atoms with Crippen molar-refractivity contribution in [1.82, 2.24) is 20.8 Å². The van der Waals surface area contributed by atoms with Gasteiger partial charge < -0.3 is 10.6 Å². The Kier molecular flexibility index (Phi) is 4.24. The van der Waals surface area contributed by atoms with E-state index in [0.717, 1.165) is 22.6 Å². The summed E-state index contributed by atoms with van der Waals surface area (Å²) in [6, 6.07) is 6.81. The summed E-state index contributed by atoms with van der Waals surface area (Å²) in [5.41, 5.74) is 4.07. The molecule has 0 saturated carbocycles. The molecule has 3 amide bonds. The largest absolute Gasteiger partial charge is 0.345 e. The van der Waals surface area contributed by atoms with Crippen LogP contribution in [0.4, 0.5) is 10.5 Å². The van der Waals surface area contributed by atoms with Gasteiger partial charge in [-0.3, -0.25) is 14.8 Å². The van der Waals surface area contributed by atoms with Gasteiger partial charge >= 0.3 is 6.03 Å². The lowest BCUT2D eigenvalue weighted by Gasteiger charge is -2.17. The van der Waals surface area contributed by atoms with Crippen LogP contribution in [0.15, 0.2) is 24.3 Å². The third-order valence-electron chi connectivity index (χ3n) is 4.24. The maximum absolute atomic E-state index is 12.6. The molecule has 24 heavy (non-hydrogen) atoms. The standard InChI is InChI=1S/C17H21N5O2/c1-10(15-11(2)20-21-12(15)3)19-16(23)13-5-4-6-14(9-13)22-8-7-18-17(22)24/h4-6,9-10H,7-8H2,1-3H3,(H,18,24)(H,19,23)(H,20,21). The van der Waals surface area contributed by atoms with Gasteiger partial charge in [0.1, 0.15) is 0 Å². The van der Waals surface area contributed by atoms with Crippen molar-refractivity contribution in [2.45, 2.75) is 26.8 Å². The van der Waals surface area contributed by atoms with Gasteiger partial charge in [0.05, 0.1) is 11.7 Å². The van der Waals surface area contributed by atoms with E-state index in [9.17, 15) is 9.59 Å². The van der Waals surface area contributed by atoms with Crippen LogP contribution in [0.1, 0.15) is 40.3 Å². The molecule has 1 aromatic carbocycles. The Morgan fingerprint density at radius 1 is 1.38 bits per heavy atom. The van der Waals surface area contributed by atoms with Gasteiger partial charge in [0.15, 0.2) is 0 Å². The first-order chi connectivity index (χ1) is 11.5. The van der Waals surface area contributed by atoms with E-state index >= 15 is 0 Å². The SMILES string of the molecule is Cc1n[nH]c(C)c1C(C)NC(=O)c1cccc(N2CCNC2=O)c1. The van der Waals surface area contributed by atoms with E-state index in [2.05, 4.69) is 20.8 Å². The second-order valence-corrected chi connectivity index (χ2v) is 5.98. The number of aromatic nitrogens is 2. The van der Waals surface area contributed by atoms with Crippen LogP contribution in [0.25, 0.3) is 0 Å². The van der Waals surface area contributed by atoms with Crippen molar-refractivity contribution in [3.63, 3.8) is 0 Å². The van der Waals surface area contributed by atoms with Crippen molar-refractivity contribution in [2.75, 3.05) is 18.0 Å². The molecule has 3 rings (SSSR count). The number of aromatic amines is 1. The van der Waals surface area contributed by atoms with Gasteiger partial charge in [-0.25, -0.2) is 4.79 Å². The van der Waals surface area contributed by atoms with Gasteiger partial charge in [-0.05, 0) is 39.0 Å². The molecule has 126 valence electrons. The number of anilines is 1. The van der Waals surface area contributed by atoms with Crippen LogP contribution >= 0.6 is 0 Å². The van der Waals surface area contributed by atoms with Crippen molar-refractivity contribution in [1.29, 1.82) is 0 Å². The Hall–Kier alpha value is -2.83. The third-order valence-corrected chi connectivity index (χ3v) is 4.24. The molecule has 7 nitrogen and oxygen atoms in total. The van der Waals surface area contributed by atoms with Gasteiger partial charge in [-0.15, -0.1) is 0 Å². The Morgan fingerprint density at radius 2 is 2.17 bits per heavy atom. The summed E-state index contributed by atoms with van der Waals surface area (Å²) in [4.78, 5) is 26.0. The van der Waals surface area contributed by atoms with Crippen LogP contribution < -0.4 is 15.5 Å². The molecule has 1 aliphatic heterocycles. The number of nitrogens with one attached hydrogen (secondary N) is 3. The Bertz CT molecular complexity index is 764. The number of hydrogen-bond acceptors (Lipinski definition) is 3. The molecule has 1 unspecified atom stereocenters. The number of rotatable bonds is 4. The smallest absolute Gasteiger partial charge is 0.321 e. The molecule has 0 radical (unpaired) electrons. The number of nitrogens with zero attached hydrogens (tertiary/aromatic N) is 2. The maximum atomic E-state index is 12.6. The molecule has 1 atom stereocenters. The summed E-state index contributed by atoms with van der Waals surface area (Å²) in [6.07, 6.45) is 0. The molecule has 2 heterocycles. The molecular weight excluding hydrogens is 306 g/mol. The van der Waals surface area contributed by atoms with Crippen LogP contribution in [0.2, 0.25) is 0 Å². The van der Waals surface area contributed by atoms with E-state index in [0.29, 0.717) is 18.7 Å². The molecule has 2 aromatic rings. The zero-order valence-electron chi connectivity index (χ0n) is 14.0. The van der Waals surface area contributed by atoms with Crippen LogP contribution in [0.5, 0.6) is 0 Å². The zero-order valence-corrected chi connectivity index (χ0v) is 14.0. The molecule has 0 bridgehead atoms. The van der Waals surface area contributed by atoms with Crippen molar-refractivity contribution < 1.29 is 9.59 Å². The lowest BCUT2D eigenvalue weighted by molar-refractivity contribution is 0.0939. The summed E-state index contributed by atoms with van der Waals surface area (Å²) in [5.74, 6) is -0.177. The lowest BCUT2D eigenvalue weighted by atomic mass is 10.1. The molecule has 0 spiro atoms. The van der Waals surface area contributed by atoms with Gasteiger partial charge in [-0.2, -0.15) is 5.10 Å². The van der Waals surface area contributed by atoms with Gasteiger partial charge in [-0.1, -0.05) is 6.07 Å². The predicted molar refractivity (Wildman–Crippen MR) is 91.1 cm³/mol. The average Bonchev–Trinajstić information content (AvgIpc) is 3.13. The van der Waals surface area contributed by atoms with E-state index in [1.165, 1.54) is 0 Å². The third kappa shape index (κ3) is 2.97. The monoisotopic (exact) mass is 327 g/mol. The fraction of sp³-hybridized carbons (Fsp3) is 0.353. The predicted octanol–water partition coefficient (Wildman–Crippen LogP) is 2.05. The fourth-order valence-corrected chi connectivity index (χ4v) is 3.08. The van der Waals surface area contributed by atoms with E-state index in [1.54, 1.807) is 23.1 Å². The molecule has 7 heteroatoms. The number of hydrogen-bond donors (Lipinski definition) is 3.